The summed E-state index contributed by atoms with van der Waals surface area (Å²) < 4.78 is 5.05. The molecule has 0 rings (SSSR count). The summed E-state index contributed by atoms with van der Waals surface area (Å²) in [7, 11) is 0. The summed E-state index contributed by atoms with van der Waals surface area (Å²) in [5.41, 5.74) is -0.756. The van der Waals surface area contributed by atoms with Gasteiger partial charge in [-0.3, -0.25) is 0 Å². The first kappa shape index (κ1) is 26.6. The molecular weight excluding hydrogens is 354 g/mol. The summed E-state index contributed by atoms with van der Waals surface area (Å²) in [5, 5.41) is 19.2. The summed E-state index contributed by atoms with van der Waals surface area (Å²) in [6, 6.07) is 0. The van der Waals surface area contributed by atoms with Gasteiger partial charge in [0.1, 0.15) is 5.60 Å². The van der Waals surface area contributed by atoms with Crippen LogP contribution in [0, 0.1) is 11.8 Å². The van der Waals surface area contributed by atoms with Gasteiger partial charge in [-0.15, -0.1) is 5.92 Å². The van der Waals surface area contributed by atoms with Crippen molar-refractivity contribution in [2.45, 2.75) is 116 Å². The predicted molar refractivity (Wildman–Crippen MR) is 116 cm³/mol. The first-order valence-electron chi connectivity index (χ1n) is 10.9. The number of aliphatic hydroxyl groups is 2. The minimum atomic E-state index is -1.25. The molecule has 0 saturated carbocycles. The third kappa shape index (κ3) is 16.8. The second-order valence-electron chi connectivity index (χ2n) is 8.25. The second-order valence-corrected chi connectivity index (χ2v) is 8.25. The van der Waals surface area contributed by atoms with E-state index in [1.165, 1.54) is 57.8 Å². The highest BCUT2D eigenvalue weighted by atomic mass is 16.6. The number of hydrogen-bond donors (Lipinski definition) is 2. The number of hydrogen-bond acceptors (Lipinski definition) is 4. The summed E-state index contributed by atoms with van der Waals surface area (Å²) in [4.78, 5) is 15.3. The summed E-state index contributed by atoms with van der Waals surface area (Å²) in [5.74, 6) is 5.55. The number of aliphatic hydroxyl groups excluding tert-OH is 2. The number of aliphatic imine (C=N–C) groups is 1. The molecule has 162 valence electrons. The Balaban J connectivity index is 3.91. The molecule has 0 aliphatic rings. The molecule has 0 saturated heterocycles. The maximum absolute atomic E-state index is 11.6. The molecule has 5 nitrogen and oxygen atoms in total. The van der Waals surface area contributed by atoms with Crippen LogP contribution in [0.5, 0.6) is 0 Å². The number of ether oxygens (including phenoxy) is 1. The topological polar surface area (TPSA) is 79.1 Å². The first-order chi connectivity index (χ1) is 13.3. The van der Waals surface area contributed by atoms with Gasteiger partial charge in [0.05, 0.1) is 12.3 Å². The molecule has 0 aromatic carbocycles. The molecule has 0 radical (unpaired) electrons. The van der Waals surface area contributed by atoms with Crippen LogP contribution in [0.4, 0.5) is 4.79 Å². The number of nitrogens with zero attached hydrogens (tertiary/aromatic N) is 1. The lowest BCUT2D eigenvalue weighted by Crippen LogP contribution is -2.27. The van der Waals surface area contributed by atoms with Crippen LogP contribution >= 0.6 is 0 Å². The van der Waals surface area contributed by atoms with Gasteiger partial charge in [-0.1, -0.05) is 77.1 Å². The van der Waals surface area contributed by atoms with Crippen LogP contribution in [0.25, 0.3) is 0 Å². The molecule has 0 aromatic heterocycles. The van der Waals surface area contributed by atoms with Crippen molar-refractivity contribution in [3.63, 3.8) is 0 Å². The molecule has 0 aliphatic heterocycles. The highest BCUT2D eigenvalue weighted by Crippen LogP contribution is 2.12. The van der Waals surface area contributed by atoms with E-state index in [4.69, 9.17) is 4.74 Å². The van der Waals surface area contributed by atoms with Crippen molar-refractivity contribution in [2.24, 2.45) is 4.99 Å². The molecule has 28 heavy (non-hydrogen) atoms. The fourth-order valence-electron chi connectivity index (χ4n) is 2.71. The van der Waals surface area contributed by atoms with Crippen molar-refractivity contribution >= 4 is 11.8 Å². The average molecular weight is 396 g/mol. The van der Waals surface area contributed by atoms with Gasteiger partial charge in [-0.05, 0) is 27.2 Å². The third-order valence-electron chi connectivity index (χ3n) is 4.25. The van der Waals surface area contributed by atoms with E-state index >= 15 is 0 Å². The van der Waals surface area contributed by atoms with Gasteiger partial charge >= 0.3 is 6.09 Å². The smallest absolute Gasteiger partial charge is 0.434 e. The van der Waals surface area contributed by atoms with E-state index < -0.39 is 24.4 Å². The molecule has 0 aromatic rings. The molecule has 1 unspecified atom stereocenters. The minimum Gasteiger partial charge on any atom is -0.442 e. The molecule has 1 atom stereocenters. The van der Waals surface area contributed by atoms with Crippen molar-refractivity contribution in [3.8, 4) is 11.8 Å². The SMILES string of the molecule is CCCCCCCCCCCCCC#CC(O)/C(CO)=N\C(=O)OC(C)(C)C. The van der Waals surface area contributed by atoms with Crippen LogP contribution in [-0.4, -0.2) is 40.3 Å². The fourth-order valence-corrected chi connectivity index (χ4v) is 2.71. The Morgan fingerprint density at radius 1 is 0.964 bits per heavy atom. The molecular formula is C23H41NO4. The van der Waals surface area contributed by atoms with E-state index in [-0.39, 0.29) is 5.71 Å². The Morgan fingerprint density at radius 2 is 1.46 bits per heavy atom. The third-order valence-corrected chi connectivity index (χ3v) is 4.25. The van der Waals surface area contributed by atoms with Gasteiger partial charge in [0.2, 0.25) is 0 Å². The van der Waals surface area contributed by atoms with Gasteiger partial charge in [-0.2, -0.15) is 4.99 Å². The van der Waals surface area contributed by atoms with Crippen LogP contribution in [-0.2, 0) is 4.74 Å². The zero-order chi connectivity index (χ0) is 21.3. The van der Waals surface area contributed by atoms with E-state index in [9.17, 15) is 15.0 Å². The lowest BCUT2D eigenvalue weighted by atomic mass is 10.1. The molecule has 0 spiro atoms. The Bertz CT molecular complexity index is 497. The maximum Gasteiger partial charge on any atom is 0.434 e. The van der Waals surface area contributed by atoms with Crippen molar-refractivity contribution in [1.29, 1.82) is 0 Å². The Kier molecular flexibility index (Phi) is 15.7. The lowest BCUT2D eigenvalue weighted by Gasteiger charge is -2.17. The lowest BCUT2D eigenvalue weighted by molar-refractivity contribution is 0.0600. The standard InChI is InChI=1S/C23H41NO4/c1-5-6-7-8-9-10-11-12-13-14-15-16-17-18-21(26)20(19-25)24-22(27)28-23(2,3)4/h21,25-26H,5-16,19H2,1-4H3/b24-20-. The Morgan fingerprint density at radius 3 is 1.93 bits per heavy atom. The quantitative estimate of drug-likeness (QED) is 0.248. The number of rotatable bonds is 13. The van der Waals surface area contributed by atoms with Gasteiger partial charge in [-0.25, -0.2) is 4.79 Å². The first-order valence-corrected chi connectivity index (χ1v) is 10.9. The van der Waals surface area contributed by atoms with Crippen molar-refractivity contribution in [1.82, 2.24) is 0 Å². The molecule has 0 heterocycles. The van der Waals surface area contributed by atoms with E-state index in [0.717, 1.165) is 12.8 Å². The van der Waals surface area contributed by atoms with E-state index in [2.05, 4.69) is 23.8 Å². The zero-order valence-electron chi connectivity index (χ0n) is 18.4. The molecule has 0 bridgehead atoms. The van der Waals surface area contributed by atoms with Crippen LogP contribution < -0.4 is 0 Å². The van der Waals surface area contributed by atoms with Crippen LogP contribution in [0.15, 0.2) is 4.99 Å². The monoisotopic (exact) mass is 395 g/mol. The van der Waals surface area contributed by atoms with Gasteiger partial charge < -0.3 is 14.9 Å². The van der Waals surface area contributed by atoms with Gasteiger partial charge in [0.25, 0.3) is 0 Å². The fraction of sp³-hybridized carbons (Fsp3) is 0.826. The van der Waals surface area contributed by atoms with Crippen LogP contribution in [0.2, 0.25) is 0 Å². The Hall–Kier alpha value is -1.38. The Labute approximate surface area is 172 Å². The average Bonchev–Trinajstić information content (AvgIpc) is 2.61. The molecule has 2 N–H and O–H groups in total. The maximum atomic E-state index is 11.6. The molecule has 5 heteroatoms. The number of amides is 1. The summed E-state index contributed by atoms with van der Waals surface area (Å²) in [6.07, 6.45) is 12.7. The van der Waals surface area contributed by atoms with Gasteiger partial charge in [0, 0.05) is 6.42 Å². The normalized spacial score (nSPS) is 13.0. The van der Waals surface area contributed by atoms with Crippen molar-refractivity contribution < 1.29 is 19.7 Å². The van der Waals surface area contributed by atoms with Crippen molar-refractivity contribution in [3.05, 3.63) is 0 Å². The molecule has 0 fully saturated rings. The second kappa shape index (κ2) is 16.6. The number of carbonyl (C=O) groups is 1. The van der Waals surface area contributed by atoms with Gasteiger partial charge in [0.15, 0.2) is 6.10 Å². The predicted octanol–water partition coefficient (Wildman–Crippen LogP) is 5.42. The van der Waals surface area contributed by atoms with Crippen LogP contribution in [0.1, 0.15) is 105 Å². The van der Waals surface area contributed by atoms with E-state index in [1.54, 1.807) is 20.8 Å². The molecule has 1 amide bonds. The highest BCUT2D eigenvalue weighted by molar-refractivity contribution is 5.98. The van der Waals surface area contributed by atoms with Crippen molar-refractivity contribution in [2.75, 3.05) is 6.61 Å². The van der Waals surface area contributed by atoms with Crippen LogP contribution in [0.3, 0.4) is 0 Å². The minimum absolute atomic E-state index is 0.0827. The zero-order valence-corrected chi connectivity index (χ0v) is 18.4. The number of carbonyl (C=O) groups excluding carboxylic acids is 1. The highest BCUT2D eigenvalue weighted by Gasteiger charge is 2.18. The van der Waals surface area contributed by atoms with E-state index in [0.29, 0.717) is 6.42 Å². The summed E-state index contributed by atoms with van der Waals surface area (Å²) in [6.45, 7) is 6.89. The molecule has 0 aliphatic carbocycles. The van der Waals surface area contributed by atoms with E-state index in [1.807, 2.05) is 0 Å². The number of unbranched alkanes of at least 4 members (excludes halogenated alkanes) is 11. The summed E-state index contributed by atoms with van der Waals surface area (Å²) >= 11 is 0. The largest absolute Gasteiger partial charge is 0.442 e.